The van der Waals surface area contributed by atoms with Gasteiger partial charge in [-0.15, -0.1) is 0 Å². The number of likely N-dealkylation sites (tertiary alicyclic amines) is 1. The number of amides is 1. The summed E-state index contributed by atoms with van der Waals surface area (Å²) in [5, 5.41) is 0. The lowest BCUT2D eigenvalue weighted by atomic mass is 10.0. The Kier molecular flexibility index (Phi) is 7.21. The van der Waals surface area contributed by atoms with Crippen LogP contribution in [-0.4, -0.2) is 85.2 Å². The van der Waals surface area contributed by atoms with E-state index in [-0.39, 0.29) is 11.7 Å². The maximum Gasteiger partial charge on any atom is 0.253 e. The Morgan fingerprint density at radius 2 is 1.92 bits per heavy atom. The van der Waals surface area contributed by atoms with E-state index in [9.17, 15) is 13.6 Å². The molecule has 0 spiro atoms. The first-order valence-electron chi connectivity index (χ1n) is 12.5. The molecule has 0 aliphatic carbocycles. The molecule has 0 radical (unpaired) electrons. The Hall–Kier alpha value is -3.37. The number of hydrogen-bond acceptors (Lipinski definition) is 7. The number of fused-ring (bicyclic) bond motifs is 1. The van der Waals surface area contributed by atoms with Gasteiger partial charge in [0.1, 0.15) is 17.7 Å². The number of ether oxygens (including phenoxy) is 2. The quantitative estimate of drug-likeness (QED) is 0.500. The molecule has 3 heterocycles. The first-order chi connectivity index (χ1) is 17.8. The van der Waals surface area contributed by atoms with E-state index in [0.717, 1.165) is 18.6 Å². The summed E-state index contributed by atoms with van der Waals surface area (Å²) in [7, 11) is 4.04. The Morgan fingerprint density at radius 3 is 2.62 bits per heavy atom. The molecule has 8 nitrogen and oxygen atoms in total. The van der Waals surface area contributed by atoms with E-state index in [0.29, 0.717) is 73.4 Å². The summed E-state index contributed by atoms with van der Waals surface area (Å²) in [6.07, 6.45) is 2.02. The Balaban J connectivity index is 1.52. The largest absolute Gasteiger partial charge is 0.486 e. The van der Waals surface area contributed by atoms with Crippen molar-refractivity contribution in [1.29, 1.82) is 0 Å². The van der Waals surface area contributed by atoms with Crippen molar-refractivity contribution >= 4 is 22.8 Å². The number of morpholine rings is 1. The molecule has 0 bridgehead atoms. The van der Waals surface area contributed by atoms with E-state index in [2.05, 4.69) is 14.8 Å². The molecule has 2 unspecified atom stereocenters. The number of anilines is 1. The van der Waals surface area contributed by atoms with Crippen LogP contribution >= 0.6 is 0 Å². The van der Waals surface area contributed by atoms with Gasteiger partial charge in [0.25, 0.3) is 5.91 Å². The van der Waals surface area contributed by atoms with Gasteiger partial charge in [-0.1, -0.05) is 0 Å². The highest BCUT2D eigenvalue weighted by Gasteiger charge is 2.29. The smallest absolute Gasteiger partial charge is 0.253 e. The van der Waals surface area contributed by atoms with Gasteiger partial charge in [0.2, 0.25) is 0 Å². The number of aromatic nitrogens is 2. The fraction of sp³-hybridized carbons (Fsp3) is 0.444. The molecular weight excluding hydrogens is 480 g/mol. The van der Waals surface area contributed by atoms with Gasteiger partial charge in [-0.2, -0.15) is 0 Å². The first kappa shape index (κ1) is 25.3. The molecule has 2 aliphatic rings. The molecule has 2 saturated heterocycles. The average Bonchev–Trinajstić information content (AvgIpc) is 3.41. The highest BCUT2D eigenvalue weighted by atomic mass is 19.2. The lowest BCUT2D eigenvalue weighted by Crippen LogP contribution is -2.36. The summed E-state index contributed by atoms with van der Waals surface area (Å²) in [4.78, 5) is 29.1. The summed E-state index contributed by atoms with van der Waals surface area (Å²) in [5.41, 5.74) is 2.32. The van der Waals surface area contributed by atoms with Crippen molar-refractivity contribution in [3.8, 4) is 5.75 Å². The molecule has 1 amide bonds. The molecule has 0 saturated carbocycles. The fourth-order valence-corrected chi connectivity index (χ4v) is 4.86. The van der Waals surface area contributed by atoms with E-state index in [4.69, 9.17) is 14.5 Å². The normalized spacial score (nSPS) is 19.0. The molecule has 0 N–H and O–H groups in total. The summed E-state index contributed by atoms with van der Waals surface area (Å²) in [5.74, 6) is -1.11. The van der Waals surface area contributed by atoms with Crippen LogP contribution in [0.1, 0.15) is 35.4 Å². The van der Waals surface area contributed by atoms with Gasteiger partial charge >= 0.3 is 0 Å². The van der Waals surface area contributed by atoms with Gasteiger partial charge in [-0.25, -0.2) is 13.8 Å². The zero-order chi connectivity index (χ0) is 26.1. The second kappa shape index (κ2) is 10.5. The lowest BCUT2D eigenvalue weighted by Gasteiger charge is -2.28. The zero-order valence-electron chi connectivity index (χ0n) is 21.3. The Labute approximate surface area is 214 Å². The predicted octanol–water partition coefficient (Wildman–Crippen LogP) is 3.66. The zero-order valence-corrected chi connectivity index (χ0v) is 21.3. The molecule has 37 heavy (non-hydrogen) atoms. The van der Waals surface area contributed by atoms with Crippen LogP contribution in [0.25, 0.3) is 11.0 Å². The number of hydrogen-bond donors (Lipinski definition) is 0. The van der Waals surface area contributed by atoms with Crippen LogP contribution in [-0.2, 0) is 4.74 Å². The molecule has 1 aromatic heterocycles. The van der Waals surface area contributed by atoms with E-state index in [1.165, 1.54) is 6.07 Å². The van der Waals surface area contributed by atoms with Crippen LogP contribution in [0.3, 0.4) is 0 Å². The van der Waals surface area contributed by atoms with Gasteiger partial charge in [-0.05, 0) is 51.7 Å². The molecule has 2 atom stereocenters. The van der Waals surface area contributed by atoms with Crippen molar-refractivity contribution in [2.24, 2.45) is 0 Å². The van der Waals surface area contributed by atoms with Crippen LogP contribution in [0.5, 0.6) is 5.75 Å². The van der Waals surface area contributed by atoms with Crippen molar-refractivity contribution < 1.29 is 23.0 Å². The maximum absolute atomic E-state index is 13.8. The number of halogens is 2. The highest BCUT2D eigenvalue weighted by molar-refractivity contribution is 5.98. The van der Waals surface area contributed by atoms with Gasteiger partial charge in [-0.3, -0.25) is 9.78 Å². The molecule has 2 aromatic carbocycles. The third kappa shape index (κ3) is 5.35. The molecule has 2 fully saturated rings. The molecule has 5 rings (SSSR count). The van der Waals surface area contributed by atoms with Gasteiger partial charge in [0.15, 0.2) is 11.6 Å². The molecule has 3 aromatic rings. The molecular formula is C27H31F2N5O3. The van der Waals surface area contributed by atoms with Gasteiger partial charge in [0, 0.05) is 49.4 Å². The number of rotatable bonds is 6. The fourth-order valence-electron chi connectivity index (χ4n) is 4.86. The van der Waals surface area contributed by atoms with Crippen molar-refractivity contribution in [2.75, 3.05) is 58.4 Å². The van der Waals surface area contributed by atoms with E-state index < -0.39 is 17.7 Å². The summed E-state index contributed by atoms with van der Waals surface area (Å²) >= 11 is 0. The summed E-state index contributed by atoms with van der Waals surface area (Å²) in [6, 6.07) is 7.29. The van der Waals surface area contributed by atoms with Crippen LogP contribution in [0, 0.1) is 11.6 Å². The highest BCUT2D eigenvalue weighted by Crippen LogP contribution is 2.31. The minimum atomic E-state index is -0.989. The van der Waals surface area contributed by atoms with Gasteiger partial charge < -0.3 is 24.2 Å². The summed E-state index contributed by atoms with van der Waals surface area (Å²) < 4.78 is 38.7. The van der Waals surface area contributed by atoms with E-state index in [1.807, 2.05) is 19.0 Å². The monoisotopic (exact) mass is 511 g/mol. The molecule has 10 heteroatoms. The Bertz CT molecular complexity index is 1300. The van der Waals surface area contributed by atoms with Crippen LogP contribution in [0.4, 0.5) is 14.6 Å². The second-order valence-corrected chi connectivity index (χ2v) is 9.75. The number of benzene rings is 2. The van der Waals surface area contributed by atoms with Crippen molar-refractivity contribution in [2.45, 2.75) is 25.5 Å². The van der Waals surface area contributed by atoms with Crippen molar-refractivity contribution in [3.05, 3.63) is 59.3 Å². The SMILES string of the molecule is CC(Oc1ccc(F)c(F)c1)c1cc(C(=O)N2CCC(N(C)C)C2)cc2ncc(N3CCOCC3)nc12. The third-order valence-corrected chi connectivity index (χ3v) is 7.07. The topological polar surface area (TPSA) is 71.0 Å². The lowest BCUT2D eigenvalue weighted by molar-refractivity contribution is 0.0783. The van der Waals surface area contributed by atoms with Crippen molar-refractivity contribution in [1.82, 2.24) is 19.8 Å². The number of likely N-dealkylation sites (N-methyl/N-ethyl adjacent to an activating group) is 1. The van der Waals surface area contributed by atoms with E-state index in [1.54, 1.807) is 25.3 Å². The predicted molar refractivity (Wildman–Crippen MR) is 136 cm³/mol. The third-order valence-electron chi connectivity index (χ3n) is 7.07. The van der Waals surface area contributed by atoms with Crippen LogP contribution in [0.15, 0.2) is 36.5 Å². The molecule has 2 aliphatic heterocycles. The maximum atomic E-state index is 13.8. The van der Waals surface area contributed by atoms with E-state index >= 15 is 0 Å². The number of nitrogens with zero attached hydrogens (tertiary/aromatic N) is 5. The number of carbonyl (C=O) groups is 1. The molecule has 196 valence electrons. The summed E-state index contributed by atoms with van der Waals surface area (Å²) in [6.45, 7) is 5.76. The van der Waals surface area contributed by atoms with Crippen molar-refractivity contribution in [3.63, 3.8) is 0 Å². The minimum absolute atomic E-state index is 0.0772. The number of carbonyl (C=O) groups excluding carboxylic acids is 1. The average molecular weight is 512 g/mol. The minimum Gasteiger partial charge on any atom is -0.486 e. The standard InChI is InChI=1S/C27H31F2N5O3/c1-17(37-20-4-5-22(28)23(29)14-20)21-12-18(27(35)34-7-6-19(16-34)32(2)3)13-24-26(21)31-25(15-30-24)33-8-10-36-11-9-33/h4-5,12-15,17,19H,6-11,16H2,1-3H3. The van der Waals surface area contributed by atoms with Gasteiger partial charge in [0.05, 0.1) is 30.4 Å². The first-order valence-corrected chi connectivity index (χ1v) is 12.5. The van der Waals surface area contributed by atoms with Crippen LogP contribution in [0.2, 0.25) is 0 Å². The van der Waals surface area contributed by atoms with Crippen LogP contribution < -0.4 is 9.64 Å². The Morgan fingerprint density at radius 1 is 1.14 bits per heavy atom. The second-order valence-electron chi connectivity index (χ2n) is 9.75.